The van der Waals surface area contributed by atoms with E-state index in [0.29, 0.717) is 12.2 Å². The zero-order valence-corrected chi connectivity index (χ0v) is 15.9. The number of nitrogens with one attached hydrogen (secondary N) is 1. The molecule has 0 saturated heterocycles. The SMILES string of the molecule is COc1ccc(CNC(=O)c2ccc(N3CCc4ccccc4C3)cn2)cc1. The second-order valence-electron chi connectivity index (χ2n) is 6.87. The molecule has 5 nitrogen and oxygen atoms in total. The highest BCUT2D eigenvalue weighted by atomic mass is 16.5. The Morgan fingerprint density at radius 1 is 1.07 bits per heavy atom. The van der Waals surface area contributed by atoms with E-state index in [9.17, 15) is 4.79 Å². The normalized spacial score (nSPS) is 13.0. The van der Waals surface area contributed by atoms with E-state index in [1.165, 1.54) is 11.1 Å². The Labute approximate surface area is 165 Å². The number of carbonyl (C=O) groups is 1. The van der Waals surface area contributed by atoms with E-state index in [4.69, 9.17) is 4.74 Å². The summed E-state index contributed by atoms with van der Waals surface area (Å²) in [5.74, 6) is 0.624. The van der Waals surface area contributed by atoms with Gasteiger partial charge < -0.3 is 15.0 Å². The van der Waals surface area contributed by atoms with Crippen molar-refractivity contribution < 1.29 is 9.53 Å². The number of fused-ring (bicyclic) bond motifs is 1. The minimum atomic E-state index is -0.175. The number of ether oxygens (including phenoxy) is 1. The van der Waals surface area contributed by atoms with Gasteiger partial charge in [-0.15, -0.1) is 0 Å². The highest BCUT2D eigenvalue weighted by molar-refractivity contribution is 5.92. The maximum absolute atomic E-state index is 12.4. The fraction of sp³-hybridized carbons (Fsp3) is 0.217. The van der Waals surface area contributed by atoms with Gasteiger partial charge in [0.15, 0.2) is 0 Å². The number of hydrogen-bond donors (Lipinski definition) is 1. The van der Waals surface area contributed by atoms with Crippen LogP contribution in [0, 0.1) is 0 Å². The highest BCUT2D eigenvalue weighted by Gasteiger charge is 2.17. The van der Waals surface area contributed by atoms with Crippen molar-refractivity contribution in [3.63, 3.8) is 0 Å². The molecule has 0 spiro atoms. The zero-order valence-electron chi connectivity index (χ0n) is 15.9. The molecule has 2 aromatic carbocycles. The molecule has 0 fully saturated rings. The molecular weight excluding hydrogens is 350 g/mol. The Kier molecular flexibility index (Phi) is 5.24. The Morgan fingerprint density at radius 2 is 1.86 bits per heavy atom. The lowest BCUT2D eigenvalue weighted by Gasteiger charge is -2.30. The molecule has 0 atom stereocenters. The van der Waals surface area contributed by atoms with Gasteiger partial charge in [-0.3, -0.25) is 4.79 Å². The number of carbonyl (C=O) groups excluding carboxylic acids is 1. The van der Waals surface area contributed by atoms with Gasteiger partial charge in [0, 0.05) is 19.6 Å². The third-order valence-electron chi connectivity index (χ3n) is 5.09. The van der Waals surface area contributed by atoms with Crippen LogP contribution in [0.5, 0.6) is 5.75 Å². The summed E-state index contributed by atoms with van der Waals surface area (Å²) in [6.07, 6.45) is 2.82. The van der Waals surface area contributed by atoms with Crippen LogP contribution >= 0.6 is 0 Å². The van der Waals surface area contributed by atoms with Crippen LogP contribution in [0.25, 0.3) is 0 Å². The Morgan fingerprint density at radius 3 is 2.57 bits per heavy atom. The van der Waals surface area contributed by atoms with Crippen molar-refractivity contribution in [2.45, 2.75) is 19.5 Å². The van der Waals surface area contributed by atoms with Crippen LogP contribution in [0.15, 0.2) is 66.9 Å². The van der Waals surface area contributed by atoms with E-state index in [2.05, 4.69) is 39.5 Å². The van der Waals surface area contributed by atoms with Gasteiger partial charge in [0.1, 0.15) is 11.4 Å². The van der Waals surface area contributed by atoms with E-state index >= 15 is 0 Å². The minimum Gasteiger partial charge on any atom is -0.497 e. The van der Waals surface area contributed by atoms with Gasteiger partial charge in [-0.1, -0.05) is 36.4 Å². The molecule has 0 radical (unpaired) electrons. The lowest BCUT2D eigenvalue weighted by molar-refractivity contribution is 0.0946. The third kappa shape index (κ3) is 3.98. The average Bonchev–Trinajstić information content (AvgIpc) is 2.77. The van der Waals surface area contributed by atoms with E-state index in [-0.39, 0.29) is 5.91 Å². The van der Waals surface area contributed by atoms with Crippen molar-refractivity contribution in [2.75, 3.05) is 18.6 Å². The summed E-state index contributed by atoms with van der Waals surface area (Å²) in [7, 11) is 1.63. The summed E-state index contributed by atoms with van der Waals surface area (Å²) in [6.45, 7) is 2.29. The summed E-state index contributed by atoms with van der Waals surface area (Å²) < 4.78 is 5.14. The first-order valence-corrected chi connectivity index (χ1v) is 9.42. The van der Waals surface area contributed by atoms with Crippen molar-refractivity contribution in [3.8, 4) is 5.75 Å². The first kappa shape index (κ1) is 18.0. The second kappa shape index (κ2) is 8.13. The Hall–Kier alpha value is -3.34. The number of hydrogen-bond acceptors (Lipinski definition) is 4. The van der Waals surface area contributed by atoms with E-state index in [0.717, 1.165) is 36.5 Å². The number of benzene rings is 2. The van der Waals surface area contributed by atoms with Gasteiger partial charge in [0.25, 0.3) is 5.91 Å². The molecule has 1 aromatic heterocycles. The van der Waals surface area contributed by atoms with E-state index < -0.39 is 0 Å². The number of pyridine rings is 1. The van der Waals surface area contributed by atoms with Crippen LogP contribution in [0.2, 0.25) is 0 Å². The molecule has 5 heteroatoms. The van der Waals surface area contributed by atoms with Crippen LogP contribution < -0.4 is 15.0 Å². The molecule has 2 heterocycles. The molecule has 4 rings (SSSR count). The largest absolute Gasteiger partial charge is 0.497 e. The summed E-state index contributed by atoms with van der Waals surface area (Å²) in [4.78, 5) is 19.1. The average molecular weight is 373 g/mol. The number of amides is 1. The van der Waals surface area contributed by atoms with Gasteiger partial charge in [0.2, 0.25) is 0 Å². The molecule has 28 heavy (non-hydrogen) atoms. The van der Waals surface area contributed by atoms with Crippen molar-refractivity contribution >= 4 is 11.6 Å². The van der Waals surface area contributed by atoms with Crippen molar-refractivity contribution in [2.24, 2.45) is 0 Å². The van der Waals surface area contributed by atoms with Gasteiger partial charge in [-0.05, 0) is 47.4 Å². The predicted molar refractivity (Wildman–Crippen MR) is 110 cm³/mol. The molecule has 0 aliphatic carbocycles. The lowest BCUT2D eigenvalue weighted by atomic mass is 10.00. The van der Waals surface area contributed by atoms with Gasteiger partial charge in [-0.25, -0.2) is 4.98 Å². The third-order valence-corrected chi connectivity index (χ3v) is 5.09. The summed E-state index contributed by atoms with van der Waals surface area (Å²) in [5.41, 5.74) is 5.25. The molecule has 142 valence electrons. The minimum absolute atomic E-state index is 0.175. The first-order chi connectivity index (χ1) is 13.7. The molecule has 3 aromatic rings. The predicted octanol–water partition coefficient (Wildman–Crippen LogP) is 3.58. The first-order valence-electron chi connectivity index (χ1n) is 9.42. The quantitative estimate of drug-likeness (QED) is 0.743. The standard InChI is InChI=1S/C23H23N3O2/c1-28-21-9-6-17(7-10-21)14-25-23(27)22-11-8-20(15-24-22)26-13-12-18-4-2-3-5-19(18)16-26/h2-11,15H,12-14,16H2,1H3,(H,25,27). The fourth-order valence-corrected chi connectivity index (χ4v) is 3.44. The molecule has 1 aliphatic rings. The van der Waals surface area contributed by atoms with E-state index in [1.54, 1.807) is 19.4 Å². The lowest BCUT2D eigenvalue weighted by Crippen LogP contribution is -2.30. The molecule has 0 saturated carbocycles. The van der Waals surface area contributed by atoms with Gasteiger partial charge >= 0.3 is 0 Å². The number of anilines is 1. The monoisotopic (exact) mass is 373 g/mol. The summed E-state index contributed by atoms with van der Waals surface area (Å²) in [6, 6.07) is 19.9. The van der Waals surface area contributed by atoms with Crippen LogP contribution in [0.4, 0.5) is 5.69 Å². The number of methoxy groups -OCH3 is 1. The number of nitrogens with zero attached hydrogens (tertiary/aromatic N) is 2. The molecule has 1 N–H and O–H groups in total. The summed E-state index contributed by atoms with van der Waals surface area (Å²) >= 11 is 0. The molecule has 0 unspecified atom stereocenters. The van der Waals surface area contributed by atoms with Crippen LogP contribution in [0.3, 0.4) is 0 Å². The van der Waals surface area contributed by atoms with Crippen LogP contribution in [0.1, 0.15) is 27.2 Å². The molecule has 0 bridgehead atoms. The number of aromatic nitrogens is 1. The maximum atomic E-state index is 12.4. The zero-order chi connectivity index (χ0) is 19.3. The topological polar surface area (TPSA) is 54.5 Å². The van der Waals surface area contributed by atoms with Crippen molar-refractivity contribution in [3.05, 3.63) is 89.2 Å². The Bertz CT molecular complexity index is 952. The van der Waals surface area contributed by atoms with E-state index in [1.807, 2.05) is 30.3 Å². The van der Waals surface area contributed by atoms with Crippen LogP contribution in [-0.4, -0.2) is 24.5 Å². The molecular formula is C23H23N3O2. The van der Waals surface area contributed by atoms with Crippen molar-refractivity contribution in [1.82, 2.24) is 10.3 Å². The molecule has 1 aliphatic heterocycles. The fourth-order valence-electron chi connectivity index (χ4n) is 3.44. The highest BCUT2D eigenvalue weighted by Crippen LogP contribution is 2.23. The number of rotatable bonds is 5. The van der Waals surface area contributed by atoms with Crippen molar-refractivity contribution in [1.29, 1.82) is 0 Å². The van der Waals surface area contributed by atoms with Crippen LogP contribution in [-0.2, 0) is 19.5 Å². The van der Waals surface area contributed by atoms with Gasteiger partial charge in [0.05, 0.1) is 19.0 Å². The Balaban J connectivity index is 1.37. The summed E-state index contributed by atoms with van der Waals surface area (Å²) in [5, 5.41) is 2.91. The smallest absolute Gasteiger partial charge is 0.270 e. The second-order valence-corrected chi connectivity index (χ2v) is 6.87. The molecule has 1 amide bonds. The van der Waals surface area contributed by atoms with Gasteiger partial charge in [-0.2, -0.15) is 0 Å². The maximum Gasteiger partial charge on any atom is 0.270 e.